The molecular weight excluding hydrogens is 823 g/mol. The van der Waals surface area contributed by atoms with Crippen molar-refractivity contribution in [3.63, 3.8) is 0 Å². The van der Waals surface area contributed by atoms with Crippen molar-refractivity contribution in [2.75, 3.05) is 4.90 Å². The molecule has 0 fully saturated rings. The molecule has 0 atom stereocenters. The van der Waals surface area contributed by atoms with E-state index >= 15 is 0 Å². The molecule has 0 aliphatic rings. The van der Waals surface area contributed by atoms with Gasteiger partial charge in [-0.25, -0.2) is 0 Å². The van der Waals surface area contributed by atoms with Crippen LogP contribution in [0.2, 0.25) is 0 Å². The molecule has 0 bridgehead atoms. The zero-order valence-electron chi connectivity index (χ0n) is 37.2. The van der Waals surface area contributed by atoms with Crippen LogP contribution in [0.25, 0.3) is 110 Å². The first-order valence-electron chi connectivity index (χ1n) is 23.3. The van der Waals surface area contributed by atoms with Crippen molar-refractivity contribution in [1.29, 1.82) is 0 Å². The Bertz CT molecular complexity index is 3990. The van der Waals surface area contributed by atoms with Crippen LogP contribution in [0, 0.1) is 0 Å². The largest absolute Gasteiger partial charge is 0.456 e. The molecule has 0 saturated heterocycles. The number of benzene rings is 12. The van der Waals surface area contributed by atoms with E-state index in [4.69, 9.17) is 4.42 Å². The van der Waals surface area contributed by atoms with Crippen molar-refractivity contribution >= 4 is 71.3 Å². The van der Waals surface area contributed by atoms with Crippen molar-refractivity contribution < 1.29 is 4.42 Å². The Balaban J connectivity index is 1.08. The Labute approximate surface area is 395 Å². The number of hydrogen-bond donors (Lipinski definition) is 0. The lowest BCUT2D eigenvalue weighted by atomic mass is 9.77. The molecule has 13 rings (SSSR count). The summed E-state index contributed by atoms with van der Waals surface area (Å²) in [5, 5.41) is 9.47. The highest BCUT2D eigenvalue weighted by molar-refractivity contribution is 6.22. The second-order valence-electron chi connectivity index (χ2n) is 17.5. The third-order valence-corrected chi connectivity index (χ3v) is 13.6. The molecule has 68 heavy (non-hydrogen) atoms. The number of fused-ring (bicyclic) bond motifs is 7. The van der Waals surface area contributed by atoms with E-state index in [1.54, 1.807) is 0 Å². The molecule has 2 heteroatoms. The van der Waals surface area contributed by atoms with Gasteiger partial charge in [-0.05, 0) is 119 Å². The van der Waals surface area contributed by atoms with Gasteiger partial charge in [0.1, 0.15) is 11.2 Å². The van der Waals surface area contributed by atoms with Gasteiger partial charge in [0.25, 0.3) is 0 Å². The first kappa shape index (κ1) is 39.4. The molecule has 12 aromatic carbocycles. The molecule has 0 saturated carbocycles. The SMILES string of the molecule is c1ccc(-c2c(-c3ccccc3)c(-c3ccccc3)c3c(-c4ccc(N(c5ccc6c(c5)oc5ccccc56)c5cc6ccccc6c6ccccc56)cc4)cccc3c2-c2ccccc2)cc1. The molecule has 13 aromatic rings. The summed E-state index contributed by atoms with van der Waals surface area (Å²) in [6.45, 7) is 0. The van der Waals surface area contributed by atoms with Gasteiger partial charge in [0, 0.05) is 33.6 Å². The third-order valence-electron chi connectivity index (χ3n) is 13.6. The molecule has 0 unspecified atom stereocenters. The van der Waals surface area contributed by atoms with E-state index in [-0.39, 0.29) is 0 Å². The van der Waals surface area contributed by atoms with E-state index in [1.165, 1.54) is 82.4 Å². The quantitative estimate of drug-likeness (QED) is 0.142. The van der Waals surface area contributed by atoms with Gasteiger partial charge >= 0.3 is 0 Å². The number of furan rings is 1. The van der Waals surface area contributed by atoms with Gasteiger partial charge in [0.2, 0.25) is 0 Å². The lowest BCUT2D eigenvalue weighted by Crippen LogP contribution is -2.10. The van der Waals surface area contributed by atoms with Crippen molar-refractivity contribution in [3.05, 3.63) is 261 Å². The van der Waals surface area contributed by atoms with Crippen LogP contribution in [0.3, 0.4) is 0 Å². The Morgan fingerprint density at radius 1 is 0.265 bits per heavy atom. The van der Waals surface area contributed by atoms with Crippen LogP contribution in [0.5, 0.6) is 0 Å². The minimum absolute atomic E-state index is 0.859. The highest BCUT2D eigenvalue weighted by atomic mass is 16.3. The monoisotopic (exact) mass is 865 g/mol. The number of nitrogens with zero attached hydrogens (tertiary/aromatic N) is 1. The van der Waals surface area contributed by atoms with E-state index in [0.717, 1.165) is 44.6 Å². The summed E-state index contributed by atoms with van der Waals surface area (Å²) < 4.78 is 6.53. The lowest BCUT2D eigenvalue weighted by molar-refractivity contribution is 0.669. The summed E-state index contributed by atoms with van der Waals surface area (Å²) in [7, 11) is 0. The number of anilines is 3. The molecule has 0 radical (unpaired) electrons. The molecular formula is C66H43NO. The summed E-state index contributed by atoms with van der Waals surface area (Å²) in [6, 6.07) is 94.6. The molecule has 0 aliphatic heterocycles. The molecule has 318 valence electrons. The normalized spacial score (nSPS) is 11.5. The zero-order chi connectivity index (χ0) is 45.0. The summed E-state index contributed by atoms with van der Waals surface area (Å²) >= 11 is 0. The highest BCUT2D eigenvalue weighted by Gasteiger charge is 2.26. The summed E-state index contributed by atoms with van der Waals surface area (Å²) in [5.74, 6) is 0. The van der Waals surface area contributed by atoms with Gasteiger partial charge in [-0.1, -0.05) is 218 Å². The minimum Gasteiger partial charge on any atom is -0.456 e. The fourth-order valence-corrected chi connectivity index (χ4v) is 10.7. The van der Waals surface area contributed by atoms with Crippen molar-refractivity contribution in [2.24, 2.45) is 0 Å². The van der Waals surface area contributed by atoms with Gasteiger partial charge in [-0.2, -0.15) is 0 Å². The van der Waals surface area contributed by atoms with Crippen LogP contribution < -0.4 is 4.90 Å². The van der Waals surface area contributed by atoms with Crippen LogP contribution in [-0.2, 0) is 0 Å². The van der Waals surface area contributed by atoms with E-state index in [9.17, 15) is 0 Å². The fraction of sp³-hybridized carbons (Fsp3) is 0. The van der Waals surface area contributed by atoms with Crippen LogP contribution in [0.1, 0.15) is 0 Å². The van der Waals surface area contributed by atoms with E-state index in [2.05, 4.69) is 254 Å². The van der Waals surface area contributed by atoms with E-state index < -0.39 is 0 Å². The molecule has 1 heterocycles. The molecule has 1 aromatic heterocycles. The lowest BCUT2D eigenvalue weighted by Gasteiger charge is -2.28. The second kappa shape index (κ2) is 16.5. The van der Waals surface area contributed by atoms with Crippen LogP contribution in [0.4, 0.5) is 17.1 Å². The molecule has 0 aliphatic carbocycles. The topological polar surface area (TPSA) is 16.4 Å². The Hall–Kier alpha value is -8.98. The zero-order valence-corrected chi connectivity index (χ0v) is 37.2. The van der Waals surface area contributed by atoms with Gasteiger partial charge in [-0.3, -0.25) is 0 Å². The van der Waals surface area contributed by atoms with Crippen LogP contribution in [-0.4, -0.2) is 0 Å². The van der Waals surface area contributed by atoms with E-state index in [0.29, 0.717) is 0 Å². The van der Waals surface area contributed by atoms with Gasteiger partial charge in [0.15, 0.2) is 0 Å². The predicted molar refractivity (Wildman–Crippen MR) is 288 cm³/mol. The third kappa shape index (κ3) is 6.57. The first-order chi connectivity index (χ1) is 33.8. The minimum atomic E-state index is 0.859. The van der Waals surface area contributed by atoms with E-state index in [1.807, 2.05) is 12.1 Å². The average molecular weight is 866 g/mol. The maximum absolute atomic E-state index is 6.53. The summed E-state index contributed by atoms with van der Waals surface area (Å²) in [6.07, 6.45) is 0. The summed E-state index contributed by atoms with van der Waals surface area (Å²) in [5.41, 5.74) is 16.8. The van der Waals surface area contributed by atoms with Gasteiger partial charge in [0.05, 0.1) is 5.69 Å². The number of para-hydroxylation sites is 1. The van der Waals surface area contributed by atoms with Crippen molar-refractivity contribution in [1.82, 2.24) is 0 Å². The van der Waals surface area contributed by atoms with Crippen LogP contribution in [0.15, 0.2) is 265 Å². The summed E-state index contributed by atoms with van der Waals surface area (Å²) in [4.78, 5) is 2.40. The Morgan fingerprint density at radius 3 is 1.41 bits per heavy atom. The van der Waals surface area contributed by atoms with Crippen molar-refractivity contribution in [3.8, 4) is 55.6 Å². The maximum Gasteiger partial charge on any atom is 0.137 e. The van der Waals surface area contributed by atoms with Crippen LogP contribution >= 0.6 is 0 Å². The standard InChI is InChI=1S/C66H43NO/c1-5-20-45(21-6-1)62-58-34-19-33-53(66(58)65(48-26-11-4-12-27-48)64(47-24-9-3-10-25-47)63(62)46-22-7-2-8-23-46)44-36-38-50(39-37-44)67(51-40-41-57-56-32-17-18-35-60(56)68-61(57)43-51)59-42-49-28-13-14-29-52(49)54-30-15-16-31-55(54)59/h1-43H. The maximum atomic E-state index is 6.53. The Morgan fingerprint density at radius 2 is 0.750 bits per heavy atom. The average Bonchev–Trinajstić information content (AvgIpc) is 3.79. The van der Waals surface area contributed by atoms with Crippen molar-refractivity contribution in [2.45, 2.75) is 0 Å². The second-order valence-corrected chi connectivity index (χ2v) is 17.5. The molecule has 0 amide bonds. The Kier molecular flexibility index (Phi) is 9.54. The first-order valence-corrected chi connectivity index (χ1v) is 23.3. The smallest absolute Gasteiger partial charge is 0.137 e. The van der Waals surface area contributed by atoms with Gasteiger partial charge in [-0.15, -0.1) is 0 Å². The fourth-order valence-electron chi connectivity index (χ4n) is 10.7. The van der Waals surface area contributed by atoms with Gasteiger partial charge < -0.3 is 9.32 Å². The number of rotatable bonds is 8. The molecule has 0 N–H and O–H groups in total. The predicted octanol–water partition coefficient (Wildman–Crippen LogP) is 18.9. The molecule has 0 spiro atoms. The molecule has 2 nitrogen and oxygen atoms in total. The highest BCUT2D eigenvalue weighted by Crippen LogP contribution is 2.53. The number of hydrogen-bond acceptors (Lipinski definition) is 2.